The van der Waals surface area contributed by atoms with Crippen LogP contribution >= 0.6 is 0 Å². The van der Waals surface area contributed by atoms with Gasteiger partial charge in [-0.3, -0.25) is 19.2 Å². The number of benzene rings is 2. The van der Waals surface area contributed by atoms with Gasteiger partial charge in [-0.2, -0.15) is 0 Å². The molecule has 8 nitrogen and oxygen atoms in total. The van der Waals surface area contributed by atoms with E-state index in [1.165, 1.54) is 0 Å². The molecule has 0 spiro atoms. The van der Waals surface area contributed by atoms with Crippen molar-refractivity contribution in [1.82, 2.24) is 9.80 Å². The summed E-state index contributed by atoms with van der Waals surface area (Å²) in [6.45, 7) is 4.48. The summed E-state index contributed by atoms with van der Waals surface area (Å²) in [5, 5.41) is 5.76. The molecule has 2 aliphatic heterocycles. The zero-order chi connectivity index (χ0) is 27.1. The Balaban J connectivity index is 1.30. The van der Waals surface area contributed by atoms with Gasteiger partial charge in [0.15, 0.2) is 0 Å². The molecule has 0 saturated heterocycles. The molecule has 2 aliphatic rings. The lowest BCUT2D eigenvalue weighted by molar-refractivity contribution is -0.135. The minimum Gasteiger partial charge on any atom is -0.324 e. The van der Waals surface area contributed by atoms with Crippen LogP contribution in [0.3, 0.4) is 0 Å². The number of hydrogen-bond donors (Lipinski definition) is 2. The Bertz CT molecular complexity index is 1180. The summed E-state index contributed by atoms with van der Waals surface area (Å²) in [6.07, 6.45) is 11.8. The fourth-order valence-corrected chi connectivity index (χ4v) is 4.40. The van der Waals surface area contributed by atoms with Gasteiger partial charge in [-0.25, -0.2) is 0 Å². The van der Waals surface area contributed by atoms with Crippen molar-refractivity contribution in [3.63, 3.8) is 0 Å². The lowest BCUT2D eigenvalue weighted by Crippen LogP contribution is -2.43. The van der Waals surface area contributed by atoms with E-state index in [2.05, 4.69) is 10.6 Å². The number of carbonyl (C=O) groups is 4. The van der Waals surface area contributed by atoms with E-state index in [1.807, 2.05) is 72.8 Å². The fourth-order valence-electron chi connectivity index (χ4n) is 4.40. The van der Waals surface area contributed by atoms with Gasteiger partial charge in [-0.05, 0) is 35.4 Å². The highest BCUT2D eigenvalue weighted by atomic mass is 16.2. The summed E-state index contributed by atoms with van der Waals surface area (Å²) in [5.74, 6) is -0.562. The van der Waals surface area contributed by atoms with E-state index < -0.39 is 12.1 Å². The molecule has 2 N–H and O–H groups in total. The summed E-state index contributed by atoms with van der Waals surface area (Å²) in [7, 11) is 0. The van der Waals surface area contributed by atoms with Crippen LogP contribution in [-0.2, 0) is 19.2 Å². The molecule has 2 atom stereocenters. The first-order valence-electron chi connectivity index (χ1n) is 12.8. The van der Waals surface area contributed by atoms with Crippen LogP contribution in [0.1, 0.15) is 37.8 Å². The summed E-state index contributed by atoms with van der Waals surface area (Å²) in [4.78, 5) is 52.5. The first-order chi connectivity index (χ1) is 18.4. The molecule has 196 valence electrons. The maximum Gasteiger partial charge on any atom is 0.251 e. The summed E-state index contributed by atoms with van der Waals surface area (Å²) in [6, 6.07) is 13.7. The predicted octanol–water partition coefficient (Wildman–Crippen LogP) is 4.09. The number of nitrogens with zero attached hydrogens (tertiary/aromatic N) is 2. The number of amides is 4. The molecule has 2 heterocycles. The van der Waals surface area contributed by atoms with Crippen molar-refractivity contribution in [2.24, 2.45) is 0 Å². The molecule has 0 unspecified atom stereocenters. The molecule has 0 radical (unpaired) electrons. The van der Waals surface area contributed by atoms with Crippen molar-refractivity contribution in [3.8, 4) is 0 Å². The lowest BCUT2D eigenvalue weighted by Gasteiger charge is -2.23. The molecule has 8 heteroatoms. The third kappa shape index (κ3) is 6.26. The van der Waals surface area contributed by atoms with Crippen molar-refractivity contribution in [3.05, 3.63) is 84.0 Å². The Hall–Kier alpha value is -4.46. The third-order valence-corrected chi connectivity index (χ3v) is 6.52. The van der Waals surface area contributed by atoms with Crippen LogP contribution in [0.15, 0.2) is 72.8 Å². The van der Waals surface area contributed by atoms with E-state index in [-0.39, 0.29) is 23.6 Å². The number of carbonyl (C=O) groups excluding carboxylic acids is 4. The molecular formula is C30H32N4O4. The first kappa shape index (κ1) is 26.6. The third-order valence-electron chi connectivity index (χ3n) is 6.52. The van der Waals surface area contributed by atoms with Gasteiger partial charge < -0.3 is 20.4 Å². The summed E-state index contributed by atoms with van der Waals surface area (Å²) < 4.78 is 0. The Morgan fingerprint density at radius 1 is 0.684 bits per heavy atom. The fraction of sp³-hybridized carbons (Fsp3) is 0.267. The van der Waals surface area contributed by atoms with Crippen molar-refractivity contribution in [2.75, 3.05) is 23.7 Å². The second-order valence-electron chi connectivity index (χ2n) is 9.10. The minimum atomic E-state index is -0.581. The smallest absolute Gasteiger partial charge is 0.251 e. The number of nitrogens with one attached hydrogen (secondary N) is 2. The second-order valence-corrected chi connectivity index (χ2v) is 9.10. The van der Waals surface area contributed by atoms with Gasteiger partial charge in [0, 0.05) is 37.3 Å². The van der Waals surface area contributed by atoms with E-state index >= 15 is 0 Å². The SMILES string of the molecule is CCC(=O)N1CC=C[C@H]1C(=O)Nc1ccc(/C=C/c2ccc(NC(=O)[C@@H]3C=CCN3C(=O)CC)cc2)cc1. The quantitative estimate of drug-likeness (QED) is 0.411. The van der Waals surface area contributed by atoms with Gasteiger partial charge in [0.25, 0.3) is 11.8 Å². The van der Waals surface area contributed by atoms with Gasteiger partial charge in [0.05, 0.1) is 0 Å². The van der Waals surface area contributed by atoms with Gasteiger partial charge in [-0.15, -0.1) is 0 Å². The molecule has 0 fully saturated rings. The van der Waals surface area contributed by atoms with E-state index in [1.54, 1.807) is 35.8 Å². The Morgan fingerprint density at radius 2 is 1.05 bits per heavy atom. The van der Waals surface area contributed by atoms with Crippen LogP contribution in [-0.4, -0.2) is 58.6 Å². The largest absolute Gasteiger partial charge is 0.324 e. The van der Waals surface area contributed by atoms with Crippen LogP contribution in [0.2, 0.25) is 0 Å². The highest BCUT2D eigenvalue weighted by molar-refractivity contribution is 6.00. The predicted molar refractivity (Wildman–Crippen MR) is 149 cm³/mol. The Labute approximate surface area is 222 Å². The van der Waals surface area contributed by atoms with E-state index in [4.69, 9.17) is 0 Å². The molecule has 4 amide bonds. The molecule has 2 aromatic rings. The monoisotopic (exact) mass is 512 g/mol. The van der Waals surface area contributed by atoms with Crippen molar-refractivity contribution in [2.45, 2.75) is 38.8 Å². The molecule has 0 saturated carbocycles. The maximum absolute atomic E-state index is 12.7. The molecule has 0 aliphatic carbocycles. The highest BCUT2D eigenvalue weighted by Crippen LogP contribution is 2.19. The normalized spacial score (nSPS) is 18.3. The minimum absolute atomic E-state index is 0.0490. The first-order valence-corrected chi connectivity index (χ1v) is 12.8. The average molecular weight is 513 g/mol. The van der Waals surface area contributed by atoms with E-state index in [0.29, 0.717) is 37.3 Å². The topological polar surface area (TPSA) is 98.8 Å². The van der Waals surface area contributed by atoms with Crippen LogP contribution in [0, 0.1) is 0 Å². The zero-order valence-electron chi connectivity index (χ0n) is 21.6. The van der Waals surface area contributed by atoms with Crippen molar-refractivity contribution in [1.29, 1.82) is 0 Å². The molecular weight excluding hydrogens is 480 g/mol. The van der Waals surface area contributed by atoms with Crippen LogP contribution in [0.4, 0.5) is 11.4 Å². The van der Waals surface area contributed by atoms with Crippen LogP contribution < -0.4 is 10.6 Å². The number of anilines is 2. The van der Waals surface area contributed by atoms with Gasteiger partial charge in [0.2, 0.25) is 11.8 Å². The van der Waals surface area contributed by atoms with Crippen LogP contribution in [0.5, 0.6) is 0 Å². The Morgan fingerprint density at radius 3 is 1.39 bits per heavy atom. The maximum atomic E-state index is 12.7. The zero-order valence-corrected chi connectivity index (χ0v) is 21.6. The van der Waals surface area contributed by atoms with Crippen molar-refractivity contribution < 1.29 is 19.2 Å². The lowest BCUT2D eigenvalue weighted by atomic mass is 10.1. The van der Waals surface area contributed by atoms with Gasteiger partial charge in [0.1, 0.15) is 12.1 Å². The average Bonchev–Trinajstić information content (AvgIpc) is 3.63. The van der Waals surface area contributed by atoms with Crippen molar-refractivity contribution >= 4 is 47.2 Å². The van der Waals surface area contributed by atoms with E-state index in [0.717, 1.165) is 11.1 Å². The summed E-state index contributed by atoms with van der Waals surface area (Å²) >= 11 is 0. The molecule has 38 heavy (non-hydrogen) atoms. The van der Waals surface area contributed by atoms with Gasteiger partial charge >= 0.3 is 0 Å². The van der Waals surface area contributed by atoms with Crippen LogP contribution in [0.25, 0.3) is 12.2 Å². The Kier molecular flexibility index (Phi) is 8.53. The van der Waals surface area contributed by atoms with E-state index in [9.17, 15) is 19.2 Å². The highest BCUT2D eigenvalue weighted by Gasteiger charge is 2.30. The second kappa shape index (κ2) is 12.2. The number of rotatable bonds is 8. The molecule has 2 aromatic carbocycles. The molecule has 0 aromatic heterocycles. The molecule has 0 bridgehead atoms. The summed E-state index contributed by atoms with van der Waals surface area (Å²) in [5.41, 5.74) is 3.23. The number of hydrogen-bond acceptors (Lipinski definition) is 4. The standard InChI is InChI=1S/C30H32N4O4/c1-3-27(35)33-19-5-7-25(33)29(37)31-23-15-11-21(12-16-23)9-10-22-13-17-24(18-14-22)32-30(38)26-8-6-20-34(26)28(36)4-2/h5-18,25-26H,3-4,19-20H2,1-2H3,(H,31,37)(H,32,38)/b10-9+/t25-,26-/m0/s1. The molecule has 4 rings (SSSR count). The van der Waals surface area contributed by atoms with Gasteiger partial charge in [-0.1, -0.05) is 74.6 Å².